The second-order valence-electron chi connectivity index (χ2n) is 8.69. The van der Waals surface area contributed by atoms with E-state index in [4.69, 9.17) is 20.4 Å². The van der Waals surface area contributed by atoms with E-state index in [2.05, 4.69) is 33.0 Å². The summed E-state index contributed by atoms with van der Waals surface area (Å²) in [6.07, 6.45) is 6.07. The summed E-state index contributed by atoms with van der Waals surface area (Å²) in [7, 11) is 1.72. The van der Waals surface area contributed by atoms with Crippen LogP contribution in [0.4, 0.5) is 17.3 Å². The predicted molar refractivity (Wildman–Crippen MR) is 119 cm³/mol. The lowest BCUT2D eigenvalue weighted by atomic mass is 9.80. The van der Waals surface area contributed by atoms with Gasteiger partial charge in [-0.1, -0.05) is 13.0 Å². The van der Waals surface area contributed by atoms with Crippen LogP contribution in [0.5, 0.6) is 5.75 Å². The fourth-order valence-electron chi connectivity index (χ4n) is 4.60. The van der Waals surface area contributed by atoms with Crippen LogP contribution in [-0.4, -0.2) is 53.5 Å². The summed E-state index contributed by atoms with van der Waals surface area (Å²) in [4.78, 5) is 14.1. The molecule has 0 amide bonds. The van der Waals surface area contributed by atoms with Crippen LogP contribution >= 0.6 is 0 Å². The fraction of sp³-hybridized carbons (Fsp3) is 0.500. The molecule has 3 N–H and O–H groups in total. The third kappa shape index (κ3) is 3.15. The lowest BCUT2D eigenvalue weighted by molar-refractivity contribution is 0.258. The summed E-state index contributed by atoms with van der Waals surface area (Å²) in [5, 5.41) is 7.70. The molecule has 0 atom stereocenters. The van der Waals surface area contributed by atoms with E-state index in [1.165, 1.54) is 5.56 Å². The molecule has 30 heavy (non-hydrogen) atoms. The summed E-state index contributed by atoms with van der Waals surface area (Å²) in [6, 6.07) is 6.17. The normalized spacial score (nSPS) is 18.5. The largest absolute Gasteiger partial charge is 0.496 e. The molecule has 3 aromatic rings. The van der Waals surface area contributed by atoms with Gasteiger partial charge in [-0.15, -0.1) is 0 Å². The monoisotopic (exact) mass is 407 g/mol. The van der Waals surface area contributed by atoms with Gasteiger partial charge in [-0.2, -0.15) is 5.10 Å². The van der Waals surface area contributed by atoms with E-state index in [1.807, 2.05) is 18.3 Å². The summed E-state index contributed by atoms with van der Waals surface area (Å²) < 4.78 is 5.58. The molecule has 1 saturated heterocycles. The number of H-pyrrole nitrogens is 1. The van der Waals surface area contributed by atoms with E-state index in [9.17, 15) is 0 Å². The zero-order valence-corrected chi connectivity index (χ0v) is 17.7. The van der Waals surface area contributed by atoms with Crippen molar-refractivity contribution in [2.75, 3.05) is 43.1 Å². The van der Waals surface area contributed by atoms with E-state index in [0.29, 0.717) is 0 Å². The van der Waals surface area contributed by atoms with Crippen molar-refractivity contribution in [2.24, 2.45) is 11.1 Å². The lowest BCUT2D eigenvalue weighted by Gasteiger charge is -2.39. The van der Waals surface area contributed by atoms with Gasteiger partial charge in [0, 0.05) is 30.9 Å². The maximum Gasteiger partial charge on any atom is 0.183 e. The molecule has 2 aliphatic heterocycles. The first-order chi connectivity index (χ1) is 14.6. The highest BCUT2D eigenvalue weighted by atomic mass is 16.5. The van der Waals surface area contributed by atoms with Gasteiger partial charge in [0.15, 0.2) is 17.0 Å². The summed E-state index contributed by atoms with van der Waals surface area (Å²) >= 11 is 0. The zero-order chi connectivity index (χ0) is 20.7. The van der Waals surface area contributed by atoms with Crippen molar-refractivity contribution in [3.05, 3.63) is 30.0 Å². The summed E-state index contributed by atoms with van der Waals surface area (Å²) in [5.74, 6) is 2.66. The summed E-state index contributed by atoms with van der Waals surface area (Å²) in [6.45, 7) is 5.80. The standard InChI is InChI=1S/C22H29N7O/c1-22(14-23)8-11-28(12-9-22)18-13-24-19-20(25-18)26-27-21(19)29-10-4-5-15-16(29)6-3-7-17(15)30-2/h3,6-7,13H,4-5,8-12,14,23H2,1-2H3,(H,25,26,27). The summed E-state index contributed by atoms with van der Waals surface area (Å²) in [5.41, 5.74) is 10.1. The molecule has 0 saturated carbocycles. The molecule has 0 radical (unpaired) electrons. The van der Waals surface area contributed by atoms with E-state index >= 15 is 0 Å². The third-order valence-electron chi connectivity index (χ3n) is 6.71. The van der Waals surface area contributed by atoms with Crippen molar-refractivity contribution in [3.8, 4) is 5.75 Å². The van der Waals surface area contributed by atoms with Crippen LogP contribution in [0.25, 0.3) is 11.2 Å². The number of piperidine rings is 1. The Labute approximate surface area is 176 Å². The van der Waals surface area contributed by atoms with Crippen molar-refractivity contribution < 1.29 is 4.74 Å². The minimum absolute atomic E-state index is 0.234. The molecule has 4 heterocycles. The number of nitrogens with two attached hydrogens (primary N) is 1. The van der Waals surface area contributed by atoms with E-state index in [1.54, 1.807) is 7.11 Å². The molecule has 0 spiro atoms. The molecule has 0 unspecified atom stereocenters. The van der Waals surface area contributed by atoms with Crippen LogP contribution in [0.3, 0.4) is 0 Å². The number of methoxy groups -OCH3 is 1. The SMILES string of the molecule is COc1cccc2c1CCCN2c1n[nH]c2nc(N3CCC(C)(CN)CC3)cnc12. The molecule has 0 aliphatic carbocycles. The molecule has 5 rings (SSSR count). The van der Waals surface area contributed by atoms with Gasteiger partial charge in [0.2, 0.25) is 0 Å². The molecule has 2 aliphatic rings. The first-order valence-corrected chi connectivity index (χ1v) is 10.7. The smallest absolute Gasteiger partial charge is 0.183 e. The number of rotatable bonds is 4. The molecule has 8 nitrogen and oxygen atoms in total. The lowest BCUT2D eigenvalue weighted by Crippen LogP contribution is -2.42. The molecule has 158 valence electrons. The highest BCUT2D eigenvalue weighted by Gasteiger charge is 2.30. The average molecular weight is 408 g/mol. The Hall–Kier alpha value is -2.87. The van der Waals surface area contributed by atoms with Gasteiger partial charge in [0.05, 0.1) is 13.3 Å². The number of aromatic amines is 1. The number of aromatic nitrogens is 4. The van der Waals surface area contributed by atoms with Crippen LogP contribution in [-0.2, 0) is 6.42 Å². The average Bonchev–Trinajstić information content (AvgIpc) is 3.22. The second kappa shape index (κ2) is 7.43. The Morgan fingerprint density at radius 1 is 1.23 bits per heavy atom. The van der Waals surface area contributed by atoms with Crippen LogP contribution in [0.15, 0.2) is 24.4 Å². The van der Waals surface area contributed by atoms with E-state index in [-0.39, 0.29) is 5.41 Å². The van der Waals surface area contributed by atoms with Crippen molar-refractivity contribution >= 4 is 28.5 Å². The minimum atomic E-state index is 0.234. The van der Waals surface area contributed by atoms with Crippen molar-refractivity contribution in [1.29, 1.82) is 0 Å². The number of nitrogens with zero attached hydrogens (tertiary/aromatic N) is 5. The number of fused-ring (bicyclic) bond motifs is 2. The van der Waals surface area contributed by atoms with Gasteiger partial charge in [-0.3, -0.25) is 5.10 Å². The maximum absolute atomic E-state index is 5.95. The Balaban J connectivity index is 1.45. The fourth-order valence-corrected chi connectivity index (χ4v) is 4.60. The molecular formula is C22H29N7O. The molecular weight excluding hydrogens is 378 g/mol. The maximum atomic E-state index is 5.95. The number of anilines is 3. The molecule has 2 aromatic heterocycles. The Kier molecular flexibility index (Phi) is 4.73. The molecule has 8 heteroatoms. The van der Waals surface area contributed by atoms with Gasteiger partial charge in [-0.25, -0.2) is 9.97 Å². The zero-order valence-electron chi connectivity index (χ0n) is 17.7. The Morgan fingerprint density at radius 3 is 2.83 bits per heavy atom. The molecule has 1 fully saturated rings. The van der Waals surface area contributed by atoms with Crippen molar-refractivity contribution in [2.45, 2.75) is 32.6 Å². The highest BCUT2D eigenvalue weighted by molar-refractivity contribution is 5.88. The van der Waals surface area contributed by atoms with Crippen molar-refractivity contribution in [3.63, 3.8) is 0 Å². The van der Waals surface area contributed by atoms with Crippen molar-refractivity contribution in [1.82, 2.24) is 20.2 Å². The Morgan fingerprint density at radius 2 is 2.07 bits per heavy atom. The van der Waals surface area contributed by atoms with Crippen LogP contribution in [0.1, 0.15) is 31.7 Å². The predicted octanol–water partition coefficient (Wildman–Crippen LogP) is 3.01. The van der Waals surface area contributed by atoms with Gasteiger partial charge < -0.3 is 20.3 Å². The third-order valence-corrected chi connectivity index (χ3v) is 6.71. The first-order valence-electron chi connectivity index (χ1n) is 10.7. The van der Waals surface area contributed by atoms with Gasteiger partial charge >= 0.3 is 0 Å². The molecule has 1 aromatic carbocycles. The quantitative estimate of drug-likeness (QED) is 0.686. The van der Waals surface area contributed by atoms with E-state index in [0.717, 1.165) is 86.1 Å². The number of benzene rings is 1. The van der Waals surface area contributed by atoms with Crippen LogP contribution < -0.4 is 20.3 Å². The van der Waals surface area contributed by atoms with E-state index < -0.39 is 0 Å². The second-order valence-corrected chi connectivity index (χ2v) is 8.69. The number of hydrogen-bond acceptors (Lipinski definition) is 7. The number of nitrogens with one attached hydrogen (secondary N) is 1. The van der Waals surface area contributed by atoms with Crippen LogP contribution in [0, 0.1) is 5.41 Å². The number of hydrogen-bond donors (Lipinski definition) is 2. The van der Waals surface area contributed by atoms with Crippen LogP contribution in [0.2, 0.25) is 0 Å². The highest BCUT2D eigenvalue weighted by Crippen LogP contribution is 2.39. The van der Waals surface area contributed by atoms with Gasteiger partial charge in [0.25, 0.3) is 0 Å². The molecule has 0 bridgehead atoms. The minimum Gasteiger partial charge on any atom is -0.496 e. The van der Waals surface area contributed by atoms with Gasteiger partial charge in [-0.05, 0) is 49.8 Å². The Bertz CT molecular complexity index is 1050. The first kappa shape index (κ1) is 19.1. The number of ether oxygens (including phenoxy) is 1. The topological polar surface area (TPSA) is 96.2 Å². The van der Waals surface area contributed by atoms with Gasteiger partial charge in [0.1, 0.15) is 11.6 Å².